The van der Waals surface area contributed by atoms with Crippen LogP contribution >= 0.6 is 11.6 Å². The molecule has 1 aliphatic rings. The highest BCUT2D eigenvalue weighted by molar-refractivity contribution is 7.87. The van der Waals surface area contributed by atoms with Crippen molar-refractivity contribution in [3.63, 3.8) is 0 Å². The molecule has 1 heterocycles. The van der Waals surface area contributed by atoms with E-state index >= 15 is 0 Å². The number of hydrogen-bond acceptors (Lipinski definition) is 4. The van der Waals surface area contributed by atoms with Crippen molar-refractivity contribution in [2.75, 3.05) is 7.05 Å². The molecular weight excluding hydrogens is 204 g/mol. The van der Waals surface area contributed by atoms with Crippen molar-refractivity contribution in [1.82, 2.24) is 10.4 Å². The van der Waals surface area contributed by atoms with Gasteiger partial charge in [0.15, 0.2) is 4.87 Å². The summed E-state index contributed by atoms with van der Waals surface area (Å²) in [5.74, 6) is 0. The summed E-state index contributed by atoms with van der Waals surface area (Å²) in [6.45, 7) is 1.31. The van der Waals surface area contributed by atoms with Gasteiger partial charge in [0.25, 0.3) is 10.1 Å². The van der Waals surface area contributed by atoms with Crippen molar-refractivity contribution in [2.24, 2.45) is 0 Å². The zero-order chi connectivity index (χ0) is 9.57. The highest BCUT2D eigenvalue weighted by Crippen LogP contribution is 2.25. The molecule has 0 bridgehead atoms. The second kappa shape index (κ2) is 2.59. The predicted octanol–water partition coefficient (Wildman–Crippen LogP) is 0.121. The topological polar surface area (TPSA) is 69.6 Å². The third-order valence-electron chi connectivity index (χ3n) is 1.64. The van der Waals surface area contributed by atoms with Gasteiger partial charge in [-0.1, -0.05) is 11.6 Å². The quantitative estimate of drug-likeness (QED) is 0.477. The van der Waals surface area contributed by atoms with E-state index in [0.29, 0.717) is 0 Å². The maximum Gasteiger partial charge on any atom is 0.289 e. The van der Waals surface area contributed by atoms with E-state index in [1.165, 1.54) is 18.0 Å². The summed E-state index contributed by atoms with van der Waals surface area (Å²) >= 11 is 5.60. The summed E-state index contributed by atoms with van der Waals surface area (Å²) in [6.07, 6.45) is 1.23. The van der Waals surface area contributed by atoms with Crippen LogP contribution in [0.25, 0.3) is 0 Å². The van der Waals surface area contributed by atoms with Crippen molar-refractivity contribution >= 4 is 21.7 Å². The Morgan fingerprint density at radius 1 is 1.75 bits per heavy atom. The summed E-state index contributed by atoms with van der Waals surface area (Å²) < 4.78 is 30.4. The fourth-order valence-corrected chi connectivity index (χ4v) is 1.71. The summed E-state index contributed by atoms with van der Waals surface area (Å²) in [5, 5.41) is 1.55. The van der Waals surface area contributed by atoms with Gasteiger partial charge in [0.05, 0.1) is 0 Å². The molecule has 1 atom stereocenters. The number of nitrogens with one attached hydrogen (secondary N) is 1. The Balaban J connectivity index is 3.09. The first-order valence-corrected chi connectivity index (χ1v) is 4.95. The average molecular weight is 213 g/mol. The Bertz CT molecular complexity index is 326. The lowest BCUT2D eigenvalue weighted by Gasteiger charge is -2.21. The van der Waals surface area contributed by atoms with Gasteiger partial charge in [0.2, 0.25) is 0 Å². The minimum absolute atomic E-state index is 0.232. The standard InChI is InChI=1S/C5H9ClN2O3S/c1-5(12(9,10)11)3-4(6)8(2)7-5/h3,7H,1-2H3,(H,9,10,11). The van der Waals surface area contributed by atoms with Crippen molar-refractivity contribution in [2.45, 2.75) is 11.8 Å². The van der Waals surface area contributed by atoms with E-state index < -0.39 is 15.0 Å². The molecule has 0 aromatic heterocycles. The molecule has 0 aromatic rings. The van der Waals surface area contributed by atoms with Crippen molar-refractivity contribution in [1.29, 1.82) is 0 Å². The Kier molecular flexibility index (Phi) is 2.12. The van der Waals surface area contributed by atoms with E-state index in [1.54, 1.807) is 7.05 Å². The maximum absolute atomic E-state index is 10.8. The number of hydrogen-bond donors (Lipinski definition) is 2. The van der Waals surface area contributed by atoms with E-state index in [-0.39, 0.29) is 5.16 Å². The fraction of sp³-hybridized carbons (Fsp3) is 0.600. The van der Waals surface area contributed by atoms with Crippen LogP contribution in [0.2, 0.25) is 0 Å². The van der Waals surface area contributed by atoms with Crippen LogP contribution in [0.5, 0.6) is 0 Å². The lowest BCUT2D eigenvalue weighted by atomic mass is 10.4. The zero-order valence-electron chi connectivity index (χ0n) is 6.57. The zero-order valence-corrected chi connectivity index (χ0v) is 8.15. The van der Waals surface area contributed by atoms with Gasteiger partial charge in [0, 0.05) is 7.05 Å². The van der Waals surface area contributed by atoms with Crippen LogP contribution in [0.3, 0.4) is 0 Å². The molecule has 1 rings (SSSR count). The molecule has 0 aliphatic carbocycles. The highest BCUT2D eigenvalue weighted by atomic mass is 35.5. The molecule has 0 spiro atoms. The van der Waals surface area contributed by atoms with E-state index in [0.717, 1.165) is 0 Å². The number of rotatable bonds is 1. The Hall–Kier alpha value is -0.300. The van der Waals surface area contributed by atoms with Gasteiger partial charge in [-0.05, 0) is 13.0 Å². The molecule has 5 nitrogen and oxygen atoms in total. The molecule has 2 N–H and O–H groups in total. The molecule has 0 aromatic carbocycles. The largest absolute Gasteiger partial charge is 0.299 e. The van der Waals surface area contributed by atoms with Crippen LogP contribution < -0.4 is 5.43 Å². The average Bonchev–Trinajstić information content (AvgIpc) is 2.06. The molecule has 0 amide bonds. The van der Waals surface area contributed by atoms with Crippen LogP contribution in [0.4, 0.5) is 0 Å². The molecule has 0 radical (unpaired) electrons. The third-order valence-corrected chi connectivity index (χ3v) is 3.28. The Labute approximate surface area is 75.7 Å². The molecule has 70 valence electrons. The van der Waals surface area contributed by atoms with Crippen LogP contribution in [-0.4, -0.2) is 29.9 Å². The van der Waals surface area contributed by atoms with Gasteiger partial charge in [-0.3, -0.25) is 9.56 Å². The normalized spacial score (nSPS) is 30.7. The first-order valence-electron chi connectivity index (χ1n) is 3.13. The minimum atomic E-state index is -4.18. The van der Waals surface area contributed by atoms with Crippen molar-refractivity contribution in [3.05, 3.63) is 11.2 Å². The number of hydrazine groups is 1. The summed E-state index contributed by atoms with van der Waals surface area (Å²) in [4.78, 5) is -1.52. The fourth-order valence-electron chi connectivity index (χ4n) is 0.875. The molecule has 1 aliphatic heterocycles. The SMILES string of the molecule is CN1NC(C)(S(=O)(=O)O)C=C1Cl. The maximum atomic E-state index is 10.8. The van der Waals surface area contributed by atoms with Crippen LogP contribution in [0.1, 0.15) is 6.92 Å². The molecule has 0 saturated carbocycles. The van der Waals surface area contributed by atoms with Gasteiger partial charge >= 0.3 is 0 Å². The van der Waals surface area contributed by atoms with E-state index in [2.05, 4.69) is 5.43 Å². The Morgan fingerprint density at radius 3 is 2.42 bits per heavy atom. The molecule has 1 unspecified atom stereocenters. The van der Waals surface area contributed by atoms with Crippen LogP contribution in [-0.2, 0) is 10.1 Å². The summed E-state index contributed by atoms with van der Waals surface area (Å²) in [7, 11) is -2.63. The minimum Gasteiger partial charge on any atom is -0.299 e. The van der Waals surface area contributed by atoms with Gasteiger partial charge in [-0.15, -0.1) is 0 Å². The van der Waals surface area contributed by atoms with Crippen molar-refractivity contribution < 1.29 is 13.0 Å². The summed E-state index contributed by atoms with van der Waals surface area (Å²) in [6, 6.07) is 0. The molecule has 0 saturated heterocycles. The monoisotopic (exact) mass is 212 g/mol. The number of nitrogens with zero attached hydrogens (tertiary/aromatic N) is 1. The number of halogens is 1. The van der Waals surface area contributed by atoms with Crippen LogP contribution in [0, 0.1) is 0 Å². The van der Waals surface area contributed by atoms with E-state index in [1.807, 2.05) is 0 Å². The molecule has 12 heavy (non-hydrogen) atoms. The van der Waals surface area contributed by atoms with Gasteiger partial charge in [-0.25, -0.2) is 5.43 Å². The molecule has 7 heteroatoms. The third kappa shape index (κ3) is 1.42. The van der Waals surface area contributed by atoms with Gasteiger partial charge in [0.1, 0.15) is 5.16 Å². The van der Waals surface area contributed by atoms with Crippen molar-refractivity contribution in [3.8, 4) is 0 Å². The Morgan fingerprint density at radius 2 is 2.25 bits per heavy atom. The van der Waals surface area contributed by atoms with E-state index in [4.69, 9.17) is 16.2 Å². The molecule has 0 fully saturated rings. The van der Waals surface area contributed by atoms with E-state index in [9.17, 15) is 8.42 Å². The smallest absolute Gasteiger partial charge is 0.289 e. The first kappa shape index (κ1) is 9.79. The molecular formula is C5H9ClN2O3S. The van der Waals surface area contributed by atoms with Gasteiger partial charge < -0.3 is 0 Å². The predicted molar refractivity (Wildman–Crippen MR) is 44.8 cm³/mol. The summed E-state index contributed by atoms with van der Waals surface area (Å²) in [5.41, 5.74) is 2.49. The van der Waals surface area contributed by atoms with Gasteiger partial charge in [-0.2, -0.15) is 8.42 Å². The lowest BCUT2D eigenvalue weighted by Crippen LogP contribution is -2.48. The second-order valence-corrected chi connectivity index (χ2v) is 4.91. The second-order valence-electron chi connectivity index (χ2n) is 2.72. The highest BCUT2D eigenvalue weighted by Gasteiger charge is 2.41. The first-order chi connectivity index (χ1) is 5.26. The van der Waals surface area contributed by atoms with Crippen LogP contribution in [0.15, 0.2) is 11.2 Å². The lowest BCUT2D eigenvalue weighted by molar-refractivity contribution is 0.295.